The molecule has 0 aliphatic carbocycles. The zero-order valence-electron chi connectivity index (χ0n) is 13.2. The van der Waals surface area contributed by atoms with E-state index in [4.69, 9.17) is 0 Å². The molecule has 5 nitrogen and oxygen atoms in total. The van der Waals surface area contributed by atoms with Crippen LogP contribution in [-0.2, 0) is 11.2 Å². The molecule has 1 aromatic heterocycles. The van der Waals surface area contributed by atoms with Crippen molar-refractivity contribution in [2.45, 2.75) is 38.8 Å². The number of nitrogens with one attached hydrogen (secondary N) is 1. The second kappa shape index (κ2) is 6.12. The first-order chi connectivity index (χ1) is 11.0. The van der Waals surface area contributed by atoms with Crippen LogP contribution in [0.5, 0.6) is 0 Å². The van der Waals surface area contributed by atoms with E-state index in [1.54, 1.807) is 17.0 Å². The molecule has 0 bridgehead atoms. The fourth-order valence-electron chi connectivity index (χ4n) is 3.18. The maximum absolute atomic E-state index is 13.1. The average Bonchev–Trinajstić information content (AvgIpc) is 3.05. The Labute approximate surface area is 134 Å². The molecule has 122 valence electrons. The minimum atomic E-state index is -0.555. The molecule has 2 aromatic rings. The highest BCUT2D eigenvalue weighted by atomic mass is 19.1. The largest absolute Gasteiger partial charge is 0.391 e. The van der Waals surface area contributed by atoms with Crippen molar-refractivity contribution in [3.05, 3.63) is 52.6 Å². The van der Waals surface area contributed by atoms with Crippen LogP contribution in [0, 0.1) is 19.7 Å². The van der Waals surface area contributed by atoms with E-state index in [1.165, 1.54) is 12.1 Å². The van der Waals surface area contributed by atoms with Crippen LogP contribution in [0.4, 0.5) is 4.39 Å². The molecule has 2 heterocycles. The summed E-state index contributed by atoms with van der Waals surface area (Å²) in [5.74, 6) is -0.363. The number of hydrogen-bond donors (Lipinski definition) is 2. The number of carbonyl (C=O) groups excluding carboxylic acids is 1. The molecule has 0 unspecified atom stereocenters. The van der Waals surface area contributed by atoms with Gasteiger partial charge in [0.15, 0.2) is 0 Å². The number of aliphatic hydroxyl groups is 1. The Bertz CT molecular complexity index is 692. The summed E-state index contributed by atoms with van der Waals surface area (Å²) in [6.45, 7) is 4.05. The van der Waals surface area contributed by atoms with Gasteiger partial charge in [-0.25, -0.2) is 4.39 Å². The lowest BCUT2D eigenvalue weighted by Crippen LogP contribution is -2.33. The van der Waals surface area contributed by atoms with E-state index in [9.17, 15) is 14.3 Å². The molecule has 1 aromatic carbocycles. The maximum atomic E-state index is 13.1. The smallest absolute Gasteiger partial charge is 0.227 e. The van der Waals surface area contributed by atoms with Gasteiger partial charge < -0.3 is 10.0 Å². The Morgan fingerprint density at radius 1 is 1.39 bits per heavy atom. The zero-order valence-corrected chi connectivity index (χ0v) is 13.2. The molecular weight excluding hydrogens is 297 g/mol. The van der Waals surface area contributed by atoms with Crippen molar-refractivity contribution in [1.29, 1.82) is 0 Å². The number of H-pyrrole nitrogens is 1. The molecule has 1 saturated heterocycles. The van der Waals surface area contributed by atoms with Crippen LogP contribution in [0.1, 0.15) is 35.0 Å². The highest BCUT2D eigenvalue weighted by molar-refractivity contribution is 5.80. The third-order valence-electron chi connectivity index (χ3n) is 4.46. The fourth-order valence-corrected chi connectivity index (χ4v) is 3.18. The minimum absolute atomic E-state index is 0.0523. The predicted molar refractivity (Wildman–Crippen MR) is 83.2 cm³/mol. The lowest BCUT2D eigenvalue weighted by Gasteiger charge is -2.25. The topological polar surface area (TPSA) is 69.2 Å². The number of benzene rings is 1. The number of likely N-dealkylation sites (tertiary alicyclic amines) is 1. The lowest BCUT2D eigenvalue weighted by atomic mass is 10.0. The Kier molecular flexibility index (Phi) is 4.17. The Morgan fingerprint density at radius 3 is 2.70 bits per heavy atom. The highest BCUT2D eigenvalue weighted by Crippen LogP contribution is 2.33. The third kappa shape index (κ3) is 3.12. The van der Waals surface area contributed by atoms with Gasteiger partial charge in [0.1, 0.15) is 5.82 Å². The predicted octanol–water partition coefficient (Wildman–Crippen LogP) is 2.04. The fraction of sp³-hybridized carbons (Fsp3) is 0.412. The maximum Gasteiger partial charge on any atom is 0.227 e. The van der Waals surface area contributed by atoms with E-state index < -0.39 is 6.10 Å². The summed E-state index contributed by atoms with van der Waals surface area (Å²) in [5, 5.41) is 17.0. The first-order valence-electron chi connectivity index (χ1n) is 7.69. The summed E-state index contributed by atoms with van der Waals surface area (Å²) < 4.78 is 13.1. The van der Waals surface area contributed by atoms with Gasteiger partial charge in [-0.1, -0.05) is 12.1 Å². The van der Waals surface area contributed by atoms with Gasteiger partial charge >= 0.3 is 0 Å². The van der Waals surface area contributed by atoms with E-state index in [0.717, 1.165) is 22.5 Å². The number of aromatic nitrogens is 2. The molecule has 23 heavy (non-hydrogen) atoms. The molecule has 1 fully saturated rings. The van der Waals surface area contributed by atoms with Gasteiger partial charge in [0.05, 0.1) is 24.3 Å². The van der Waals surface area contributed by atoms with Gasteiger partial charge in [-0.15, -0.1) is 0 Å². The summed E-state index contributed by atoms with van der Waals surface area (Å²) in [7, 11) is 0. The van der Waals surface area contributed by atoms with Crippen molar-refractivity contribution in [3.63, 3.8) is 0 Å². The molecule has 3 rings (SSSR count). The number of hydrogen-bond acceptors (Lipinski definition) is 3. The van der Waals surface area contributed by atoms with Crippen molar-refractivity contribution in [3.8, 4) is 0 Å². The molecule has 6 heteroatoms. The number of aromatic amines is 1. The van der Waals surface area contributed by atoms with Crippen LogP contribution < -0.4 is 0 Å². The number of β-amino-alcohol motifs (C(OH)–C–C–N with tert-alkyl or cyclic N) is 1. The van der Waals surface area contributed by atoms with Crippen molar-refractivity contribution in [2.24, 2.45) is 0 Å². The number of halogens is 1. The Balaban J connectivity index is 1.81. The first kappa shape index (κ1) is 15.7. The van der Waals surface area contributed by atoms with Gasteiger partial charge in [-0.05, 0) is 38.0 Å². The normalized spacial score (nSPS) is 21.0. The van der Waals surface area contributed by atoms with E-state index in [1.807, 2.05) is 13.8 Å². The number of carbonyl (C=O) groups is 1. The van der Waals surface area contributed by atoms with Crippen molar-refractivity contribution in [1.82, 2.24) is 15.1 Å². The monoisotopic (exact) mass is 317 g/mol. The number of nitrogens with zero attached hydrogens (tertiary/aromatic N) is 2. The average molecular weight is 317 g/mol. The molecule has 1 aliphatic rings. The van der Waals surface area contributed by atoms with E-state index in [-0.39, 0.29) is 24.2 Å². The molecule has 0 saturated carbocycles. The molecule has 1 aliphatic heterocycles. The van der Waals surface area contributed by atoms with Gasteiger partial charge in [-0.3, -0.25) is 9.89 Å². The summed E-state index contributed by atoms with van der Waals surface area (Å²) in [6.07, 6.45) is 0.166. The highest BCUT2D eigenvalue weighted by Gasteiger charge is 2.35. The van der Waals surface area contributed by atoms with Crippen LogP contribution in [-0.4, -0.2) is 38.8 Å². The van der Waals surface area contributed by atoms with Crippen molar-refractivity contribution < 1.29 is 14.3 Å². The van der Waals surface area contributed by atoms with Crippen LogP contribution in [0.3, 0.4) is 0 Å². The summed E-state index contributed by atoms with van der Waals surface area (Å²) in [4.78, 5) is 14.4. The Hall–Kier alpha value is -2.21. The van der Waals surface area contributed by atoms with Gasteiger partial charge in [-0.2, -0.15) is 5.10 Å². The molecule has 2 atom stereocenters. The van der Waals surface area contributed by atoms with Gasteiger partial charge in [0.2, 0.25) is 5.91 Å². The molecule has 0 radical (unpaired) electrons. The number of aryl methyl sites for hydroxylation is 2. The zero-order chi connectivity index (χ0) is 16.6. The second-order valence-electron chi connectivity index (χ2n) is 6.09. The van der Waals surface area contributed by atoms with Crippen LogP contribution in [0.15, 0.2) is 24.3 Å². The van der Waals surface area contributed by atoms with Crippen LogP contribution >= 0.6 is 0 Å². The van der Waals surface area contributed by atoms with Crippen LogP contribution in [0.25, 0.3) is 0 Å². The van der Waals surface area contributed by atoms with Crippen LogP contribution in [0.2, 0.25) is 0 Å². The van der Waals surface area contributed by atoms with E-state index in [0.29, 0.717) is 13.0 Å². The quantitative estimate of drug-likeness (QED) is 0.910. The Morgan fingerprint density at radius 2 is 2.09 bits per heavy atom. The van der Waals surface area contributed by atoms with Gasteiger partial charge in [0.25, 0.3) is 0 Å². The third-order valence-corrected chi connectivity index (χ3v) is 4.46. The first-order valence-corrected chi connectivity index (χ1v) is 7.69. The summed E-state index contributed by atoms with van der Waals surface area (Å²) in [6, 6.07) is 5.89. The van der Waals surface area contributed by atoms with Crippen molar-refractivity contribution in [2.75, 3.05) is 6.54 Å². The van der Waals surface area contributed by atoms with Crippen molar-refractivity contribution >= 4 is 5.91 Å². The summed E-state index contributed by atoms with van der Waals surface area (Å²) in [5.41, 5.74) is 3.44. The van der Waals surface area contributed by atoms with Gasteiger partial charge in [0, 0.05) is 17.8 Å². The minimum Gasteiger partial charge on any atom is -0.391 e. The number of rotatable bonds is 3. The van der Waals surface area contributed by atoms with E-state index in [2.05, 4.69) is 10.2 Å². The lowest BCUT2D eigenvalue weighted by molar-refractivity contribution is -0.131. The second-order valence-corrected chi connectivity index (χ2v) is 6.09. The number of aliphatic hydroxyl groups excluding tert-OH is 1. The molecule has 2 N–H and O–H groups in total. The standard InChI is InChI=1S/C17H20FN3O2/c1-10-15(11(2)20-19-10)8-17(23)21-9-14(22)7-16(21)12-3-5-13(18)6-4-12/h3-6,14,16,22H,7-9H2,1-2H3,(H,19,20)/t14-,16-/m1/s1. The van der Waals surface area contributed by atoms with E-state index >= 15 is 0 Å². The number of amides is 1. The molecule has 1 amide bonds. The molecule has 0 spiro atoms. The summed E-state index contributed by atoms with van der Waals surface area (Å²) >= 11 is 0. The molecular formula is C17H20FN3O2. The SMILES string of the molecule is Cc1n[nH]c(C)c1CC(=O)N1C[C@H](O)C[C@@H]1c1ccc(F)cc1.